The van der Waals surface area contributed by atoms with Gasteiger partial charge in [-0.25, -0.2) is 9.78 Å². The fourth-order valence-corrected chi connectivity index (χ4v) is 1.63. The molecule has 0 bridgehead atoms. The molecule has 0 atom stereocenters. The molecular formula is C13H15N3O2. The van der Waals surface area contributed by atoms with Gasteiger partial charge in [-0.15, -0.1) is 0 Å². The van der Waals surface area contributed by atoms with Crippen LogP contribution in [0.15, 0.2) is 36.3 Å². The number of benzene rings is 1. The van der Waals surface area contributed by atoms with Gasteiger partial charge >= 0.3 is 5.97 Å². The first-order chi connectivity index (χ1) is 8.69. The normalized spacial score (nSPS) is 11.6. The van der Waals surface area contributed by atoms with Gasteiger partial charge in [0.15, 0.2) is 0 Å². The number of aromatic nitrogens is 2. The number of H-pyrrole nitrogens is 1. The smallest absolute Gasteiger partial charge is 0.332 e. The first-order valence-corrected chi connectivity index (χ1v) is 5.74. The highest BCUT2D eigenvalue weighted by Gasteiger charge is 2.01. The van der Waals surface area contributed by atoms with Crippen molar-refractivity contribution in [3.63, 3.8) is 0 Å². The lowest BCUT2D eigenvalue weighted by molar-refractivity contribution is -0.137. The molecule has 0 aliphatic heterocycles. The molecule has 2 rings (SSSR count). The van der Waals surface area contributed by atoms with Crippen molar-refractivity contribution in [3.8, 4) is 0 Å². The van der Waals surface area contributed by atoms with Gasteiger partial charge in [-0.3, -0.25) is 0 Å². The zero-order valence-electron chi connectivity index (χ0n) is 10.4. The zero-order chi connectivity index (χ0) is 13.0. The Labute approximate surface area is 105 Å². The average molecular weight is 245 g/mol. The van der Waals surface area contributed by atoms with E-state index in [0.29, 0.717) is 6.61 Å². The van der Waals surface area contributed by atoms with Gasteiger partial charge in [0.1, 0.15) is 0 Å². The van der Waals surface area contributed by atoms with Crippen molar-refractivity contribution in [1.29, 1.82) is 0 Å². The topological polar surface area (TPSA) is 67.0 Å². The summed E-state index contributed by atoms with van der Waals surface area (Å²) in [6.45, 7) is 3.97. The Bertz CT molecular complexity index is 587. The quantitative estimate of drug-likeness (QED) is 0.641. The van der Waals surface area contributed by atoms with Gasteiger partial charge in [0.25, 0.3) is 0 Å². The molecule has 0 saturated carbocycles. The van der Waals surface area contributed by atoms with E-state index in [4.69, 9.17) is 4.74 Å². The van der Waals surface area contributed by atoms with Crippen LogP contribution in [0.3, 0.4) is 0 Å². The molecule has 2 N–H and O–H groups in total. The second-order valence-corrected chi connectivity index (χ2v) is 3.84. The van der Waals surface area contributed by atoms with Crippen LogP contribution in [0.25, 0.3) is 11.0 Å². The number of allylic oxidation sites excluding steroid dienone is 1. The summed E-state index contributed by atoms with van der Waals surface area (Å²) in [6, 6.07) is 5.76. The fraction of sp³-hybridized carbons (Fsp3) is 0.231. The minimum atomic E-state index is -0.344. The molecule has 0 aliphatic rings. The number of rotatable bonds is 4. The Hall–Kier alpha value is -2.30. The van der Waals surface area contributed by atoms with E-state index in [2.05, 4.69) is 15.3 Å². The second-order valence-electron chi connectivity index (χ2n) is 3.84. The fourth-order valence-electron chi connectivity index (χ4n) is 1.63. The number of hydrogen-bond donors (Lipinski definition) is 2. The number of ether oxygens (including phenoxy) is 1. The Balaban J connectivity index is 2.10. The van der Waals surface area contributed by atoms with Gasteiger partial charge < -0.3 is 15.0 Å². The van der Waals surface area contributed by atoms with Crippen molar-refractivity contribution in [2.45, 2.75) is 13.8 Å². The zero-order valence-corrected chi connectivity index (χ0v) is 10.4. The number of aromatic amines is 1. The third-order valence-electron chi connectivity index (χ3n) is 2.38. The molecule has 1 heterocycles. The molecule has 1 aromatic heterocycles. The van der Waals surface area contributed by atoms with E-state index in [1.54, 1.807) is 13.3 Å². The Kier molecular flexibility index (Phi) is 3.62. The van der Waals surface area contributed by atoms with Gasteiger partial charge in [-0.1, -0.05) is 0 Å². The summed E-state index contributed by atoms with van der Waals surface area (Å²) in [4.78, 5) is 18.5. The Morgan fingerprint density at radius 2 is 2.39 bits per heavy atom. The molecule has 0 amide bonds. The number of fused-ring (bicyclic) bond motifs is 1. The molecule has 18 heavy (non-hydrogen) atoms. The maximum absolute atomic E-state index is 11.3. The van der Waals surface area contributed by atoms with Crippen LogP contribution in [0.1, 0.15) is 13.8 Å². The van der Waals surface area contributed by atoms with E-state index >= 15 is 0 Å². The maximum Gasteiger partial charge on any atom is 0.332 e. The molecule has 5 heteroatoms. The minimum Gasteiger partial charge on any atom is -0.463 e. The summed E-state index contributed by atoms with van der Waals surface area (Å²) in [5.41, 5.74) is 3.47. The summed E-state index contributed by atoms with van der Waals surface area (Å²) in [7, 11) is 0. The standard InChI is InChI=1S/C13H15N3O2/c1-3-18-13(17)6-9(2)16-10-4-5-11-12(7-10)15-8-14-11/h4-8,16H,3H2,1-2H3,(H,14,15)/b9-6-. The molecule has 0 spiro atoms. The Morgan fingerprint density at radius 3 is 3.17 bits per heavy atom. The van der Waals surface area contributed by atoms with Crippen LogP contribution >= 0.6 is 0 Å². The number of carbonyl (C=O) groups is 1. The number of nitrogens with zero attached hydrogens (tertiary/aromatic N) is 1. The average Bonchev–Trinajstić information content (AvgIpc) is 2.76. The van der Waals surface area contributed by atoms with Gasteiger partial charge in [0.2, 0.25) is 0 Å². The highest BCUT2D eigenvalue weighted by atomic mass is 16.5. The lowest BCUT2D eigenvalue weighted by Crippen LogP contribution is -2.04. The molecule has 0 unspecified atom stereocenters. The summed E-state index contributed by atoms with van der Waals surface area (Å²) >= 11 is 0. The number of hydrogen-bond acceptors (Lipinski definition) is 4. The molecule has 5 nitrogen and oxygen atoms in total. The van der Waals surface area contributed by atoms with Crippen LogP contribution in [0.4, 0.5) is 5.69 Å². The van der Waals surface area contributed by atoms with Crippen LogP contribution in [0.5, 0.6) is 0 Å². The molecular weight excluding hydrogens is 230 g/mol. The lowest BCUT2D eigenvalue weighted by Gasteiger charge is -2.06. The van der Waals surface area contributed by atoms with E-state index in [1.165, 1.54) is 6.08 Å². The third-order valence-corrected chi connectivity index (χ3v) is 2.38. The van der Waals surface area contributed by atoms with Crippen LogP contribution in [0, 0.1) is 0 Å². The van der Waals surface area contributed by atoms with Crippen molar-refractivity contribution in [2.75, 3.05) is 11.9 Å². The van der Waals surface area contributed by atoms with Crippen molar-refractivity contribution in [1.82, 2.24) is 9.97 Å². The van der Waals surface area contributed by atoms with Gasteiger partial charge in [0, 0.05) is 17.5 Å². The Morgan fingerprint density at radius 1 is 1.56 bits per heavy atom. The number of esters is 1. The van der Waals surface area contributed by atoms with Gasteiger partial charge in [-0.05, 0) is 32.0 Å². The lowest BCUT2D eigenvalue weighted by atomic mass is 10.2. The molecule has 0 aliphatic carbocycles. The monoisotopic (exact) mass is 245 g/mol. The van der Waals surface area contributed by atoms with Gasteiger partial charge in [-0.2, -0.15) is 0 Å². The highest BCUT2D eigenvalue weighted by molar-refractivity contribution is 5.84. The SMILES string of the molecule is CCOC(=O)/C=C(/C)Nc1ccc2[nH]cnc2c1. The predicted molar refractivity (Wildman–Crippen MR) is 70.1 cm³/mol. The molecule has 1 aromatic carbocycles. The maximum atomic E-state index is 11.3. The van der Waals surface area contributed by atoms with Crippen molar-refractivity contribution in [3.05, 3.63) is 36.3 Å². The first kappa shape index (κ1) is 12.2. The van der Waals surface area contributed by atoms with E-state index in [1.807, 2.05) is 25.1 Å². The molecule has 0 saturated heterocycles. The first-order valence-electron chi connectivity index (χ1n) is 5.74. The molecule has 0 fully saturated rings. The highest BCUT2D eigenvalue weighted by Crippen LogP contribution is 2.16. The van der Waals surface area contributed by atoms with Crippen LogP contribution in [-0.4, -0.2) is 22.5 Å². The van der Waals surface area contributed by atoms with E-state index in [9.17, 15) is 4.79 Å². The minimum absolute atomic E-state index is 0.344. The second kappa shape index (κ2) is 5.35. The third kappa shape index (κ3) is 2.88. The number of anilines is 1. The summed E-state index contributed by atoms with van der Waals surface area (Å²) in [5, 5.41) is 3.12. The van der Waals surface area contributed by atoms with Crippen molar-refractivity contribution < 1.29 is 9.53 Å². The molecule has 94 valence electrons. The summed E-state index contributed by atoms with van der Waals surface area (Å²) in [6.07, 6.45) is 3.08. The van der Waals surface area contributed by atoms with E-state index in [-0.39, 0.29) is 5.97 Å². The van der Waals surface area contributed by atoms with Gasteiger partial charge in [0.05, 0.1) is 24.0 Å². The summed E-state index contributed by atoms with van der Waals surface area (Å²) in [5.74, 6) is -0.344. The predicted octanol–water partition coefficient (Wildman–Crippen LogP) is 2.44. The number of carbonyl (C=O) groups excluding carboxylic acids is 1. The molecule has 2 aromatic rings. The van der Waals surface area contributed by atoms with Crippen LogP contribution in [0.2, 0.25) is 0 Å². The van der Waals surface area contributed by atoms with E-state index in [0.717, 1.165) is 22.4 Å². The molecule has 0 radical (unpaired) electrons. The van der Waals surface area contributed by atoms with Crippen LogP contribution < -0.4 is 5.32 Å². The van der Waals surface area contributed by atoms with E-state index < -0.39 is 0 Å². The summed E-state index contributed by atoms with van der Waals surface area (Å²) < 4.78 is 4.84. The van der Waals surface area contributed by atoms with Crippen molar-refractivity contribution in [2.24, 2.45) is 0 Å². The van der Waals surface area contributed by atoms with Crippen LogP contribution in [-0.2, 0) is 9.53 Å². The largest absolute Gasteiger partial charge is 0.463 e. The number of imidazole rings is 1. The number of nitrogens with one attached hydrogen (secondary N) is 2. The van der Waals surface area contributed by atoms with Crippen molar-refractivity contribution >= 4 is 22.7 Å².